The summed E-state index contributed by atoms with van der Waals surface area (Å²) >= 11 is 0. The number of anilines is 2. The van der Waals surface area contributed by atoms with E-state index in [1.165, 1.54) is 4.31 Å². The van der Waals surface area contributed by atoms with Crippen LogP contribution in [0, 0.1) is 0 Å². The van der Waals surface area contributed by atoms with Gasteiger partial charge in [0.15, 0.2) is 0 Å². The lowest BCUT2D eigenvalue weighted by Gasteiger charge is -2.31. The second-order valence-corrected chi connectivity index (χ2v) is 9.99. The topological polar surface area (TPSA) is 104 Å². The first-order chi connectivity index (χ1) is 16.4. The number of nitrogens with one attached hydrogen (secondary N) is 1. The van der Waals surface area contributed by atoms with Crippen molar-refractivity contribution in [2.24, 2.45) is 0 Å². The molecular formula is C25H21N3O5S. The van der Waals surface area contributed by atoms with E-state index in [9.17, 15) is 22.8 Å². The van der Waals surface area contributed by atoms with Crippen LogP contribution in [0.2, 0.25) is 0 Å². The number of hydrogen-bond acceptors (Lipinski definition) is 5. The van der Waals surface area contributed by atoms with E-state index in [4.69, 9.17) is 0 Å². The number of carbonyl (C=O) groups is 3. The first-order valence-corrected chi connectivity index (χ1v) is 12.3. The summed E-state index contributed by atoms with van der Waals surface area (Å²) in [5.74, 6) is -1.58. The monoisotopic (exact) mass is 475 g/mol. The van der Waals surface area contributed by atoms with E-state index in [1.54, 1.807) is 72.8 Å². The number of carbonyl (C=O) groups excluding carboxylic acids is 3. The number of nitrogens with zero attached hydrogens (tertiary/aromatic N) is 2. The van der Waals surface area contributed by atoms with Crippen molar-refractivity contribution in [1.82, 2.24) is 4.90 Å². The van der Waals surface area contributed by atoms with Gasteiger partial charge in [0, 0.05) is 12.2 Å². The van der Waals surface area contributed by atoms with Gasteiger partial charge in [-0.05, 0) is 54.8 Å². The van der Waals surface area contributed by atoms with Gasteiger partial charge >= 0.3 is 0 Å². The second-order valence-electron chi connectivity index (χ2n) is 8.13. The molecule has 0 spiro atoms. The third-order valence-corrected chi connectivity index (χ3v) is 7.78. The summed E-state index contributed by atoms with van der Waals surface area (Å²) in [4.78, 5) is 38.8. The number of aryl methyl sites for hydroxylation is 1. The average Bonchev–Trinajstić information content (AvgIpc) is 3.09. The van der Waals surface area contributed by atoms with Gasteiger partial charge in [0.25, 0.3) is 21.8 Å². The zero-order valence-electron chi connectivity index (χ0n) is 18.1. The molecule has 0 bridgehead atoms. The number of hydrogen-bond donors (Lipinski definition) is 1. The summed E-state index contributed by atoms with van der Waals surface area (Å²) < 4.78 is 27.9. The zero-order chi connectivity index (χ0) is 23.9. The van der Waals surface area contributed by atoms with Gasteiger partial charge in [0.2, 0.25) is 5.91 Å². The number of imide groups is 1. The molecule has 9 heteroatoms. The number of amides is 3. The Hall–Kier alpha value is -3.98. The fourth-order valence-electron chi connectivity index (χ4n) is 4.31. The lowest BCUT2D eigenvalue weighted by atomic mass is 10.0. The number of sulfonamides is 1. The zero-order valence-corrected chi connectivity index (χ0v) is 18.9. The summed E-state index contributed by atoms with van der Waals surface area (Å²) in [7, 11) is -3.76. The maximum absolute atomic E-state index is 13.3. The molecule has 1 N–H and O–H groups in total. The highest BCUT2D eigenvalue weighted by Crippen LogP contribution is 2.34. The molecule has 2 aliphatic heterocycles. The highest BCUT2D eigenvalue weighted by atomic mass is 32.2. The Bertz CT molecular complexity index is 1380. The Morgan fingerprint density at radius 3 is 2.21 bits per heavy atom. The van der Waals surface area contributed by atoms with Crippen LogP contribution in [0.5, 0.6) is 0 Å². The highest BCUT2D eigenvalue weighted by Gasteiger charge is 2.36. The fourth-order valence-corrected chi connectivity index (χ4v) is 5.87. The largest absolute Gasteiger partial charge is 0.324 e. The Balaban J connectivity index is 1.37. The van der Waals surface area contributed by atoms with Crippen molar-refractivity contribution < 1.29 is 22.8 Å². The lowest BCUT2D eigenvalue weighted by Crippen LogP contribution is -2.37. The van der Waals surface area contributed by atoms with Crippen molar-refractivity contribution in [3.05, 3.63) is 89.5 Å². The highest BCUT2D eigenvalue weighted by molar-refractivity contribution is 7.92. The quantitative estimate of drug-likeness (QED) is 0.571. The van der Waals surface area contributed by atoms with Crippen LogP contribution < -0.4 is 9.62 Å². The first kappa shape index (κ1) is 21.8. The van der Waals surface area contributed by atoms with Gasteiger partial charge in [-0.1, -0.05) is 36.4 Å². The van der Waals surface area contributed by atoms with Gasteiger partial charge in [-0.2, -0.15) is 0 Å². The van der Waals surface area contributed by atoms with Gasteiger partial charge in [-0.3, -0.25) is 23.6 Å². The molecule has 5 rings (SSSR count). The summed E-state index contributed by atoms with van der Waals surface area (Å²) in [6.07, 6.45) is 1.41. The van der Waals surface area contributed by atoms with Crippen molar-refractivity contribution in [3.63, 3.8) is 0 Å². The predicted molar refractivity (Wildman–Crippen MR) is 126 cm³/mol. The Kier molecular flexibility index (Phi) is 5.41. The van der Waals surface area contributed by atoms with Crippen molar-refractivity contribution >= 4 is 39.1 Å². The number of fused-ring (bicyclic) bond motifs is 2. The molecule has 0 saturated carbocycles. The fraction of sp³-hybridized carbons (Fsp3) is 0.160. The van der Waals surface area contributed by atoms with Gasteiger partial charge in [-0.15, -0.1) is 0 Å². The molecule has 2 heterocycles. The van der Waals surface area contributed by atoms with Gasteiger partial charge < -0.3 is 5.32 Å². The van der Waals surface area contributed by atoms with Crippen LogP contribution in [0.4, 0.5) is 11.4 Å². The van der Waals surface area contributed by atoms with E-state index < -0.39 is 34.3 Å². The molecule has 3 aromatic rings. The molecule has 0 radical (unpaired) electrons. The standard InChI is InChI=1S/C25H21N3O5S/c29-23(16-27-24(30)20-10-4-5-11-21(20)25(27)31)26-18-13-12-17-7-6-14-28(22(17)15-18)34(32,33)19-8-2-1-3-9-19/h1-5,8-13,15H,6-7,14,16H2,(H,26,29). The maximum Gasteiger partial charge on any atom is 0.264 e. The summed E-state index contributed by atoms with van der Waals surface area (Å²) in [6.45, 7) is -0.105. The Morgan fingerprint density at radius 1 is 0.882 bits per heavy atom. The molecule has 8 nitrogen and oxygen atoms in total. The minimum atomic E-state index is -3.76. The molecule has 0 saturated heterocycles. The normalized spacial score (nSPS) is 15.2. The SMILES string of the molecule is O=C(CN1C(=O)c2ccccc2C1=O)Nc1ccc2c(c1)N(S(=O)(=O)c1ccccc1)CCC2. The van der Waals surface area contributed by atoms with Crippen molar-refractivity contribution in [2.45, 2.75) is 17.7 Å². The van der Waals surface area contributed by atoms with Crippen LogP contribution >= 0.6 is 0 Å². The molecule has 2 aliphatic rings. The van der Waals surface area contributed by atoms with E-state index in [0.717, 1.165) is 16.9 Å². The molecule has 0 unspecified atom stereocenters. The Morgan fingerprint density at radius 2 is 1.53 bits per heavy atom. The van der Waals surface area contributed by atoms with Crippen LogP contribution in [-0.4, -0.2) is 44.1 Å². The van der Waals surface area contributed by atoms with Crippen LogP contribution in [0.1, 0.15) is 32.7 Å². The minimum absolute atomic E-state index is 0.197. The average molecular weight is 476 g/mol. The third-order valence-electron chi connectivity index (χ3n) is 5.96. The summed E-state index contributed by atoms with van der Waals surface area (Å²) in [5.41, 5.74) is 2.31. The van der Waals surface area contributed by atoms with Crippen LogP contribution in [0.3, 0.4) is 0 Å². The van der Waals surface area contributed by atoms with E-state index in [2.05, 4.69) is 5.32 Å². The second kappa shape index (κ2) is 8.42. The van der Waals surface area contributed by atoms with Gasteiger partial charge in [-0.25, -0.2) is 8.42 Å². The summed E-state index contributed by atoms with van der Waals surface area (Å²) in [5, 5.41) is 2.69. The molecule has 0 aliphatic carbocycles. The van der Waals surface area contributed by atoms with Crippen molar-refractivity contribution in [1.29, 1.82) is 0 Å². The molecule has 34 heavy (non-hydrogen) atoms. The van der Waals surface area contributed by atoms with E-state index >= 15 is 0 Å². The molecule has 3 amide bonds. The Labute approximate surface area is 196 Å². The number of rotatable bonds is 5. The smallest absolute Gasteiger partial charge is 0.264 e. The van der Waals surface area contributed by atoms with Crippen LogP contribution in [-0.2, 0) is 21.2 Å². The minimum Gasteiger partial charge on any atom is -0.324 e. The summed E-state index contributed by atoms with van der Waals surface area (Å²) in [6, 6.07) is 19.7. The van der Waals surface area contributed by atoms with Crippen LogP contribution in [0.15, 0.2) is 77.7 Å². The maximum atomic E-state index is 13.3. The van der Waals surface area contributed by atoms with E-state index in [0.29, 0.717) is 24.3 Å². The molecule has 0 aromatic heterocycles. The van der Waals surface area contributed by atoms with E-state index in [-0.39, 0.29) is 16.0 Å². The molecule has 0 fully saturated rings. The first-order valence-electron chi connectivity index (χ1n) is 10.8. The molecule has 0 atom stereocenters. The van der Waals surface area contributed by atoms with Gasteiger partial charge in [0.05, 0.1) is 21.7 Å². The molecule has 172 valence electrons. The number of benzene rings is 3. The third kappa shape index (κ3) is 3.73. The molecule has 3 aromatic carbocycles. The molecular weight excluding hydrogens is 454 g/mol. The van der Waals surface area contributed by atoms with Crippen molar-refractivity contribution in [2.75, 3.05) is 22.7 Å². The van der Waals surface area contributed by atoms with Crippen molar-refractivity contribution in [3.8, 4) is 0 Å². The predicted octanol–water partition coefficient (Wildman–Crippen LogP) is 3.06. The van der Waals surface area contributed by atoms with Gasteiger partial charge in [0.1, 0.15) is 6.54 Å². The van der Waals surface area contributed by atoms with Crippen LogP contribution in [0.25, 0.3) is 0 Å². The van der Waals surface area contributed by atoms with E-state index in [1.807, 2.05) is 0 Å². The lowest BCUT2D eigenvalue weighted by molar-refractivity contribution is -0.116.